The van der Waals surface area contributed by atoms with Crippen molar-refractivity contribution in [2.24, 2.45) is 0 Å². The molecule has 1 aliphatic heterocycles. The second-order valence-electron chi connectivity index (χ2n) is 12.0. The van der Waals surface area contributed by atoms with Gasteiger partial charge in [0.2, 0.25) is 0 Å². The molecular weight excluding hydrogens is 605 g/mol. The predicted octanol–water partition coefficient (Wildman–Crippen LogP) is 7.70. The third-order valence-corrected chi connectivity index (χ3v) is 8.75. The Balaban J connectivity index is 1.08. The summed E-state index contributed by atoms with van der Waals surface area (Å²) in [5.74, 6) is -0.0840. The lowest BCUT2D eigenvalue weighted by Crippen LogP contribution is -2.25. The second-order valence-corrected chi connectivity index (χ2v) is 12.0. The SMILES string of the molecule is O=C(Nc1cncc(-c2ccc3[nH]nc(-c4cc5c(-c6cc(F)cc(OCCN7CCCC7)c6)nccc5[nH]4)c3c2)c1)c1ccccc1. The Bertz CT molecular complexity index is 2260. The standard InChI is InChI=1S/C38H32FN7O2/c39-28-16-26(18-30(20-28)48-15-14-46-12-4-5-13-46)36-32-21-35(43-33(32)10-11-41-36)37-31-19-25(8-9-34(31)44-45-37)27-17-29(23-40-22-27)42-38(47)24-6-2-1-3-7-24/h1-3,6-11,16-23,43H,4-5,12-15H2,(H,42,47)(H,44,45). The van der Waals surface area contributed by atoms with Crippen molar-refractivity contribution in [1.82, 2.24) is 30.0 Å². The van der Waals surface area contributed by atoms with Crippen molar-refractivity contribution >= 4 is 33.4 Å². The van der Waals surface area contributed by atoms with Gasteiger partial charge in [0.15, 0.2) is 0 Å². The van der Waals surface area contributed by atoms with Crippen LogP contribution in [-0.2, 0) is 0 Å². The van der Waals surface area contributed by atoms with E-state index in [4.69, 9.17) is 4.74 Å². The molecule has 3 aromatic carbocycles. The monoisotopic (exact) mass is 637 g/mol. The third kappa shape index (κ3) is 6.01. The van der Waals surface area contributed by atoms with E-state index in [0.29, 0.717) is 34.9 Å². The number of likely N-dealkylation sites (tertiary alicyclic amines) is 1. The number of carbonyl (C=O) groups is 1. The summed E-state index contributed by atoms with van der Waals surface area (Å²) in [6, 6.07) is 25.7. The van der Waals surface area contributed by atoms with Gasteiger partial charge in [0.25, 0.3) is 5.91 Å². The number of aromatic amines is 2. The molecule has 1 amide bonds. The number of hydrogen-bond acceptors (Lipinski definition) is 6. The fraction of sp³-hybridized carbons (Fsp3) is 0.158. The number of carbonyl (C=O) groups excluding carboxylic acids is 1. The highest BCUT2D eigenvalue weighted by atomic mass is 19.1. The maximum absolute atomic E-state index is 14.8. The van der Waals surface area contributed by atoms with Crippen molar-refractivity contribution in [3.05, 3.63) is 115 Å². The fourth-order valence-corrected chi connectivity index (χ4v) is 6.35. The Morgan fingerprint density at radius 1 is 0.854 bits per heavy atom. The zero-order valence-electron chi connectivity index (χ0n) is 26.0. The summed E-state index contributed by atoms with van der Waals surface area (Å²) in [4.78, 5) is 27.6. The molecule has 5 heterocycles. The van der Waals surface area contributed by atoms with E-state index < -0.39 is 0 Å². The first kappa shape index (κ1) is 29.5. The van der Waals surface area contributed by atoms with Gasteiger partial charge in [-0.1, -0.05) is 24.3 Å². The van der Waals surface area contributed by atoms with Gasteiger partial charge >= 0.3 is 0 Å². The lowest BCUT2D eigenvalue weighted by molar-refractivity contribution is 0.102. The van der Waals surface area contributed by atoms with Gasteiger partial charge < -0.3 is 15.0 Å². The molecule has 1 fully saturated rings. The highest BCUT2D eigenvalue weighted by Crippen LogP contribution is 2.36. The van der Waals surface area contributed by atoms with Crippen LogP contribution in [0.1, 0.15) is 23.2 Å². The van der Waals surface area contributed by atoms with Crippen LogP contribution in [0.25, 0.3) is 55.6 Å². The Labute approximate surface area is 275 Å². The number of H-pyrrole nitrogens is 2. The van der Waals surface area contributed by atoms with Crippen LogP contribution in [0.15, 0.2) is 104 Å². The van der Waals surface area contributed by atoms with Crippen LogP contribution < -0.4 is 10.1 Å². The van der Waals surface area contributed by atoms with Gasteiger partial charge in [-0.25, -0.2) is 4.39 Å². The molecule has 9 nitrogen and oxygen atoms in total. The molecule has 4 aromatic heterocycles. The first-order valence-electron chi connectivity index (χ1n) is 16.0. The van der Waals surface area contributed by atoms with Crippen LogP contribution in [0.3, 0.4) is 0 Å². The molecule has 0 spiro atoms. The number of pyridine rings is 2. The second kappa shape index (κ2) is 12.7. The number of nitrogens with one attached hydrogen (secondary N) is 3. The molecule has 1 aliphatic rings. The molecule has 0 unspecified atom stereocenters. The molecule has 7 aromatic rings. The lowest BCUT2D eigenvalue weighted by atomic mass is 10.0. The average molecular weight is 638 g/mol. The maximum Gasteiger partial charge on any atom is 0.255 e. The third-order valence-electron chi connectivity index (χ3n) is 8.75. The molecule has 0 aliphatic carbocycles. The van der Waals surface area contributed by atoms with Crippen LogP contribution in [0.2, 0.25) is 0 Å². The van der Waals surface area contributed by atoms with Crippen molar-refractivity contribution in [3.8, 4) is 39.5 Å². The minimum Gasteiger partial charge on any atom is -0.492 e. The van der Waals surface area contributed by atoms with Crippen molar-refractivity contribution < 1.29 is 13.9 Å². The minimum atomic E-state index is -0.373. The molecular formula is C38H32FN7O2. The van der Waals surface area contributed by atoms with Crippen LogP contribution >= 0.6 is 0 Å². The molecule has 0 radical (unpaired) electrons. The number of benzene rings is 3. The number of halogens is 1. The minimum absolute atomic E-state index is 0.200. The molecule has 48 heavy (non-hydrogen) atoms. The first-order valence-corrected chi connectivity index (χ1v) is 16.0. The molecule has 10 heteroatoms. The van der Waals surface area contributed by atoms with Gasteiger partial charge in [0.05, 0.1) is 28.8 Å². The number of amides is 1. The number of nitrogens with zero attached hydrogens (tertiary/aromatic N) is 4. The van der Waals surface area contributed by atoms with E-state index >= 15 is 0 Å². The molecule has 0 atom stereocenters. The molecule has 1 saturated heterocycles. The molecule has 0 bridgehead atoms. The number of anilines is 1. The molecule has 0 saturated carbocycles. The summed E-state index contributed by atoms with van der Waals surface area (Å²) >= 11 is 0. The van der Waals surface area contributed by atoms with Gasteiger partial charge in [-0.05, 0) is 86.1 Å². The number of aromatic nitrogens is 5. The summed E-state index contributed by atoms with van der Waals surface area (Å²) in [7, 11) is 0. The van der Waals surface area contributed by atoms with Crippen LogP contribution in [-0.4, -0.2) is 62.2 Å². The largest absolute Gasteiger partial charge is 0.492 e. The zero-order chi connectivity index (χ0) is 32.5. The number of fused-ring (bicyclic) bond motifs is 2. The van der Waals surface area contributed by atoms with Crippen LogP contribution in [0.4, 0.5) is 10.1 Å². The van der Waals surface area contributed by atoms with E-state index in [9.17, 15) is 9.18 Å². The van der Waals surface area contributed by atoms with E-state index in [1.807, 2.05) is 54.6 Å². The highest BCUT2D eigenvalue weighted by molar-refractivity contribution is 6.04. The van der Waals surface area contributed by atoms with Gasteiger partial charge in [-0.3, -0.25) is 24.8 Å². The number of rotatable bonds is 9. The van der Waals surface area contributed by atoms with E-state index in [2.05, 4.69) is 41.4 Å². The van der Waals surface area contributed by atoms with E-state index in [0.717, 1.165) is 64.0 Å². The smallest absolute Gasteiger partial charge is 0.255 e. The van der Waals surface area contributed by atoms with Crippen LogP contribution in [0.5, 0.6) is 5.75 Å². The van der Waals surface area contributed by atoms with Crippen molar-refractivity contribution in [3.63, 3.8) is 0 Å². The summed E-state index contributed by atoms with van der Waals surface area (Å²) in [6.07, 6.45) is 7.55. The highest BCUT2D eigenvalue weighted by Gasteiger charge is 2.17. The van der Waals surface area contributed by atoms with Crippen molar-refractivity contribution in [2.45, 2.75) is 12.8 Å². The fourth-order valence-electron chi connectivity index (χ4n) is 6.35. The van der Waals surface area contributed by atoms with E-state index in [1.165, 1.54) is 25.0 Å². The van der Waals surface area contributed by atoms with Gasteiger partial charge in [-0.15, -0.1) is 0 Å². The topological polar surface area (TPSA) is 112 Å². The zero-order valence-corrected chi connectivity index (χ0v) is 26.0. The first-order chi connectivity index (χ1) is 23.6. The van der Waals surface area contributed by atoms with E-state index in [1.54, 1.807) is 30.7 Å². The van der Waals surface area contributed by atoms with E-state index in [-0.39, 0.29) is 11.7 Å². The number of ether oxygens (including phenoxy) is 1. The Hall–Kier alpha value is -5.87. The summed E-state index contributed by atoms with van der Waals surface area (Å²) in [6.45, 7) is 3.51. The number of hydrogen-bond donors (Lipinski definition) is 3. The van der Waals surface area contributed by atoms with Gasteiger partial charge in [0, 0.05) is 58.0 Å². The van der Waals surface area contributed by atoms with Gasteiger partial charge in [0.1, 0.15) is 23.9 Å². The Kier molecular flexibility index (Phi) is 7.83. The van der Waals surface area contributed by atoms with Crippen molar-refractivity contribution in [2.75, 3.05) is 31.6 Å². The normalized spacial score (nSPS) is 13.4. The predicted molar refractivity (Wildman–Crippen MR) is 185 cm³/mol. The Morgan fingerprint density at radius 2 is 1.71 bits per heavy atom. The van der Waals surface area contributed by atoms with Gasteiger partial charge in [-0.2, -0.15) is 5.10 Å². The molecule has 238 valence electrons. The Morgan fingerprint density at radius 3 is 2.58 bits per heavy atom. The summed E-state index contributed by atoms with van der Waals surface area (Å²) < 4.78 is 20.8. The summed E-state index contributed by atoms with van der Waals surface area (Å²) in [5, 5.41) is 12.5. The average Bonchev–Trinajstić information content (AvgIpc) is 3.88. The summed E-state index contributed by atoms with van der Waals surface area (Å²) in [5.41, 5.74) is 7.49. The molecule has 3 N–H and O–H groups in total. The lowest BCUT2D eigenvalue weighted by Gasteiger charge is -2.15. The van der Waals surface area contributed by atoms with Crippen molar-refractivity contribution in [1.29, 1.82) is 0 Å². The quantitative estimate of drug-likeness (QED) is 0.150. The maximum atomic E-state index is 14.8. The van der Waals surface area contributed by atoms with Crippen LogP contribution in [0, 0.1) is 5.82 Å². The molecule has 8 rings (SSSR count).